The Morgan fingerprint density at radius 1 is 1.06 bits per heavy atom. The van der Waals surface area contributed by atoms with Gasteiger partial charge in [-0.2, -0.15) is 0 Å². The van der Waals surface area contributed by atoms with E-state index in [0.29, 0.717) is 25.8 Å². The molecular weight excluding hydrogens is 402 g/mol. The molecular formula is C22H35N3O6. The first-order valence-corrected chi connectivity index (χ1v) is 10.4. The number of hydrogen-bond acceptors (Lipinski definition) is 7. The van der Waals surface area contributed by atoms with Crippen molar-refractivity contribution in [3.05, 3.63) is 35.9 Å². The molecule has 0 radical (unpaired) electrons. The summed E-state index contributed by atoms with van der Waals surface area (Å²) in [5.41, 5.74) is 6.37. The molecule has 0 bridgehead atoms. The lowest BCUT2D eigenvalue weighted by molar-refractivity contribution is -0.141. The number of carbonyl (C=O) groups is 3. The highest BCUT2D eigenvalue weighted by molar-refractivity contribution is 5.71. The number of amides is 2. The van der Waals surface area contributed by atoms with Crippen molar-refractivity contribution >= 4 is 18.2 Å². The van der Waals surface area contributed by atoms with Crippen molar-refractivity contribution in [2.75, 3.05) is 13.7 Å². The molecule has 1 aromatic rings. The Hall–Kier alpha value is -2.81. The number of ether oxygens (including phenoxy) is 3. The predicted octanol–water partition coefficient (Wildman–Crippen LogP) is 2.87. The molecule has 1 rings (SSSR count). The fraction of sp³-hybridized carbons (Fsp3) is 0.591. The van der Waals surface area contributed by atoms with E-state index >= 15 is 0 Å². The fourth-order valence-corrected chi connectivity index (χ4v) is 2.72. The molecule has 0 aromatic heterocycles. The predicted molar refractivity (Wildman–Crippen MR) is 116 cm³/mol. The fourth-order valence-electron chi connectivity index (χ4n) is 2.72. The first-order chi connectivity index (χ1) is 14.6. The minimum atomic E-state index is -0.648. The molecule has 1 aromatic carbocycles. The van der Waals surface area contributed by atoms with Crippen LogP contribution in [0.25, 0.3) is 0 Å². The third-order valence-corrected chi connectivity index (χ3v) is 4.27. The molecule has 0 heterocycles. The molecule has 0 aliphatic carbocycles. The van der Waals surface area contributed by atoms with E-state index in [1.54, 1.807) is 20.8 Å². The number of nitrogens with two attached hydrogens (primary N) is 1. The van der Waals surface area contributed by atoms with Gasteiger partial charge < -0.3 is 30.6 Å². The Morgan fingerprint density at radius 3 is 2.35 bits per heavy atom. The van der Waals surface area contributed by atoms with E-state index in [4.69, 9.17) is 15.2 Å². The zero-order valence-corrected chi connectivity index (χ0v) is 18.8. The van der Waals surface area contributed by atoms with Crippen LogP contribution in [-0.2, 0) is 25.6 Å². The number of unbranched alkanes of at least 4 members (excludes halogenated alkanes) is 1. The molecule has 9 nitrogen and oxygen atoms in total. The van der Waals surface area contributed by atoms with Crippen LogP contribution in [0, 0.1) is 0 Å². The van der Waals surface area contributed by atoms with Gasteiger partial charge in [0.1, 0.15) is 12.2 Å². The SMILES string of the molecule is COC(=O)C[C@H](N)[C@H](CCCCNC(=O)OCc1ccccc1)NC(=O)OC(C)(C)C. The van der Waals surface area contributed by atoms with Crippen molar-refractivity contribution in [3.63, 3.8) is 0 Å². The Balaban J connectivity index is 2.40. The Labute approximate surface area is 184 Å². The van der Waals surface area contributed by atoms with E-state index in [1.807, 2.05) is 30.3 Å². The molecule has 4 N–H and O–H groups in total. The van der Waals surface area contributed by atoms with Gasteiger partial charge in [-0.05, 0) is 45.6 Å². The highest BCUT2D eigenvalue weighted by Gasteiger charge is 2.25. The lowest BCUT2D eigenvalue weighted by Gasteiger charge is -2.27. The maximum absolute atomic E-state index is 12.1. The summed E-state index contributed by atoms with van der Waals surface area (Å²) in [5, 5.41) is 5.43. The Morgan fingerprint density at radius 2 is 1.74 bits per heavy atom. The molecule has 2 amide bonds. The number of rotatable bonds is 11. The molecule has 0 aliphatic heterocycles. The van der Waals surface area contributed by atoms with Crippen LogP contribution in [0.1, 0.15) is 52.0 Å². The number of carbonyl (C=O) groups excluding carboxylic acids is 3. The van der Waals surface area contributed by atoms with E-state index in [1.165, 1.54) is 7.11 Å². The number of benzene rings is 1. The molecule has 0 saturated carbocycles. The molecule has 0 unspecified atom stereocenters. The van der Waals surface area contributed by atoms with Gasteiger partial charge in [-0.25, -0.2) is 9.59 Å². The normalized spacial score (nSPS) is 12.9. The molecule has 2 atom stereocenters. The van der Waals surface area contributed by atoms with Gasteiger partial charge in [-0.15, -0.1) is 0 Å². The minimum absolute atomic E-state index is 0.0268. The molecule has 0 spiro atoms. The number of alkyl carbamates (subject to hydrolysis) is 2. The van der Waals surface area contributed by atoms with Crippen LogP contribution in [0.15, 0.2) is 30.3 Å². The summed E-state index contributed by atoms with van der Waals surface area (Å²) in [7, 11) is 1.29. The highest BCUT2D eigenvalue weighted by Crippen LogP contribution is 2.11. The second kappa shape index (κ2) is 13.5. The van der Waals surface area contributed by atoms with Crippen molar-refractivity contribution in [2.45, 2.75) is 70.7 Å². The largest absolute Gasteiger partial charge is 0.469 e. The van der Waals surface area contributed by atoms with Gasteiger partial charge in [0.25, 0.3) is 0 Å². The topological polar surface area (TPSA) is 129 Å². The van der Waals surface area contributed by atoms with Gasteiger partial charge in [-0.3, -0.25) is 4.79 Å². The third kappa shape index (κ3) is 12.5. The molecule has 174 valence electrons. The number of nitrogens with one attached hydrogen (secondary N) is 2. The Bertz CT molecular complexity index is 690. The van der Waals surface area contributed by atoms with Crippen LogP contribution in [0.5, 0.6) is 0 Å². The van der Waals surface area contributed by atoms with Gasteiger partial charge in [0.2, 0.25) is 0 Å². The van der Waals surface area contributed by atoms with Crippen molar-refractivity contribution in [2.24, 2.45) is 5.73 Å². The summed E-state index contributed by atoms with van der Waals surface area (Å²) in [4.78, 5) is 35.4. The van der Waals surface area contributed by atoms with E-state index in [2.05, 4.69) is 15.4 Å². The van der Waals surface area contributed by atoms with Crippen LogP contribution in [0.4, 0.5) is 9.59 Å². The molecule has 9 heteroatoms. The molecule has 31 heavy (non-hydrogen) atoms. The van der Waals surface area contributed by atoms with Crippen LogP contribution < -0.4 is 16.4 Å². The van der Waals surface area contributed by atoms with Gasteiger partial charge in [0, 0.05) is 18.6 Å². The number of esters is 1. The number of hydrogen-bond donors (Lipinski definition) is 3. The monoisotopic (exact) mass is 437 g/mol. The van der Waals surface area contributed by atoms with Crippen molar-refractivity contribution in [3.8, 4) is 0 Å². The Kier molecular flexibility index (Phi) is 11.4. The lowest BCUT2D eigenvalue weighted by Crippen LogP contribution is -2.50. The first kappa shape index (κ1) is 26.2. The maximum atomic E-state index is 12.1. The molecule has 0 saturated heterocycles. The zero-order valence-electron chi connectivity index (χ0n) is 18.8. The van der Waals surface area contributed by atoms with Crippen LogP contribution in [0.3, 0.4) is 0 Å². The van der Waals surface area contributed by atoms with Crippen LogP contribution >= 0.6 is 0 Å². The van der Waals surface area contributed by atoms with Crippen molar-refractivity contribution in [1.29, 1.82) is 0 Å². The second-order valence-electron chi connectivity index (χ2n) is 8.18. The average molecular weight is 438 g/mol. The van der Waals surface area contributed by atoms with E-state index in [0.717, 1.165) is 5.56 Å². The highest BCUT2D eigenvalue weighted by atomic mass is 16.6. The zero-order chi connectivity index (χ0) is 23.3. The first-order valence-electron chi connectivity index (χ1n) is 10.4. The quantitative estimate of drug-likeness (QED) is 0.276. The standard InChI is InChI=1S/C22H35N3O6/c1-22(2,3)31-21(28)25-18(17(23)14-19(26)29-4)12-8-9-13-24-20(27)30-15-16-10-6-5-7-11-16/h5-7,10-11,17-18H,8-9,12-15,23H2,1-4H3,(H,24,27)(H,25,28)/t17-,18-/m0/s1. The van der Waals surface area contributed by atoms with Gasteiger partial charge >= 0.3 is 18.2 Å². The smallest absolute Gasteiger partial charge is 0.407 e. The van der Waals surface area contributed by atoms with Crippen LogP contribution in [-0.4, -0.2) is 49.5 Å². The summed E-state index contributed by atoms with van der Waals surface area (Å²) in [6, 6.07) is 8.31. The summed E-state index contributed by atoms with van der Waals surface area (Å²) in [5.74, 6) is -0.452. The summed E-state index contributed by atoms with van der Waals surface area (Å²) in [6.07, 6.45) is 0.709. The second-order valence-corrected chi connectivity index (χ2v) is 8.18. The summed E-state index contributed by atoms with van der Waals surface area (Å²) >= 11 is 0. The van der Waals surface area contributed by atoms with E-state index < -0.39 is 35.8 Å². The van der Waals surface area contributed by atoms with Gasteiger partial charge in [0.15, 0.2) is 0 Å². The molecule has 0 fully saturated rings. The molecule has 0 aliphatic rings. The van der Waals surface area contributed by atoms with E-state index in [9.17, 15) is 14.4 Å². The third-order valence-electron chi connectivity index (χ3n) is 4.27. The van der Waals surface area contributed by atoms with Crippen LogP contribution in [0.2, 0.25) is 0 Å². The maximum Gasteiger partial charge on any atom is 0.407 e. The van der Waals surface area contributed by atoms with E-state index in [-0.39, 0.29) is 13.0 Å². The number of methoxy groups -OCH3 is 1. The minimum Gasteiger partial charge on any atom is -0.469 e. The lowest BCUT2D eigenvalue weighted by atomic mass is 10.00. The summed E-state index contributed by atoms with van der Waals surface area (Å²) in [6.45, 7) is 5.91. The van der Waals surface area contributed by atoms with Crippen molar-refractivity contribution in [1.82, 2.24) is 10.6 Å². The average Bonchev–Trinajstić information content (AvgIpc) is 2.70. The summed E-state index contributed by atoms with van der Waals surface area (Å²) < 4.78 is 15.1. The van der Waals surface area contributed by atoms with Gasteiger partial charge in [0.05, 0.1) is 13.5 Å². The van der Waals surface area contributed by atoms with Gasteiger partial charge in [-0.1, -0.05) is 30.3 Å². The van der Waals surface area contributed by atoms with Crippen molar-refractivity contribution < 1.29 is 28.6 Å².